The zero-order chi connectivity index (χ0) is 15.1. The third kappa shape index (κ3) is 4.55. The number of carbonyl (C=O) groups excluding carboxylic acids is 1. The van der Waals surface area contributed by atoms with Crippen LogP contribution in [0.5, 0.6) is 0 Å². The van der Waals surface area contributed by atoms with E-state index in [2.05, 4.69) is 16.6 Å². The van der Waals surface area contributed by atoms with Crippen LogP contribution in [-0.4, -0.2) is 29.8 Å². The molecule has 1 aromatic carbocycles. The summed E-state index contributed by atoms with van der Waals surface area (Å²) in [6, 6.07) is 2.66. The van der Waals surface area contributed by atoms with Crippen molar-refractivity contribution in [3.05, 3.63) is 47.3 Å². The minimum absolute atomic E-state index is 0.0191. The second kappa shape index (κ2) is 7.49. The molecule has 0 heterocycles. The summed E-state index contributed by atoms with van der Waals surface area (Å²) < 4.78 is 18.2. The smallest absolute Gasteiger partial charge is 0.408 e. The van der Waals surface area contributed by atoms with E-state index in [1.165, 1.54) is 18.2 Å². The molecule has 108 valence electrons. The summed E-state index contributed by atoms with van der Waals surface area (Å²) in [5, 5.41) is 11.3. The van der Waals surface area contributed by atoms with Crippen LogP contribution in [0.15, 0.2) is 30.9 Å². The molecular formula is C13H13ClFNO4. The molecule has 1 atom stereocenters. The first kappa shape index (κ1) is 16.0. The Morgan fingerprint density at radius 1 is 1.55 bits per heavy atom. The Bertz CT molecular complexity index is 501. The van der Waals surface area contributed by atoms with Gasteiger partial charge in [0.15, 0.2) is 0 Å². The van der Waals surface area contributed by atoms with E-state index in [1.54, 1.807) is 0 Å². The van der Waals surface area contributed by atoms with Crippen molar-refractivity contribution in [2.45, 2.75) is 12.5 Å². The van der Waals surface area contributed by atoms with E-state index in [0.29, 0.717) is 0 Å². The molecule has 0 aromatic heterocycles. The molecule has 1 aromatic rings. The van der Waals surface area contributed by atoms with E-state index in [4.69, 9.17) is 16.7 Å². The van der Waals surface area contributed by atoms with Gasteiger partial charge in [0, 0.05) is 17.0 Å². The van der Waals surface area contributed by atoms with Crippen molar-refractivity contribution in [2.75, 3.05) is 6.61 Å². The number of hydrogen-bond acceptors (Lipinski definition) is 3. The SMILES string of the molecule is C=CCOC(=O)NC(Cc1c(F)cccc1Cl)C(=O)O. The van der Waals surface area contributed by atoms with E-state index in [9.17, 15) is 14.0 Å². The average Bonchev–Trinajstić information content (AvgIpc) is 2.39. The topological polar surface area (TPSA) is 75.6 Å². The molecule has 0 bridgehead atoms. The van der Waals surface area contributed by atoms with Crippen LogP contribution in [0.1, 0.15) is 5.56 Å². The van der Waals surface area contributed by atoms with Gasteiger partial charge in [-0.2, -0.15) is 0 Å². The lowest BCUT2D eigenvalue weighted by Crippen LogP contribution is -2.42. The second-order valence-electron chi connectivity index (χ2n) is 3.83. The summed E-state index contributed by atoms with van der Waals surface area (Å²) in [5.74, 6) is -1.95. The van der Waals surface area contributed by atoms with Crippen molar-refractivity contribution in [3.8, 4) is 0 Å². The highest BCUT2D eigenvalue weighted by molar-refractivity contribution is 6.31. The van der Waals surface area contributed by atoms with E-state index in [1.807, 2.05) is 0 Å². The predicted molar refractivity (Wildman–Crippen MR) is 71.2 cm³/mol. The molecule has 0 aliphatic heterocycles. The fourth-order valence-corrected chi connectivity index (χ4v) is 1.69. The summed E-state index contributed by atoms with van der Waals surface area (Å²) in [6.07, 6.45) is 0.123. The Kier molecular flexibility index (Phi) is 5.99. The van der Waals surface area contributed by atoms with Crippen molar-refractivity contribution in [3.63, 3.8) is 0 Å². The number of carbonyl (C=O) groups is 2. The predicted octanol–water partition coefficient (Wildman–Crippen LogP) is 2.39. The lowest BCUT2D eigenvalue weighted by atomic mass is 10.1. The van der Waals surface area contributed by atoms with Gasteiger partial charge < -0.3 is 15.2 Å². The molecule has 1 unspecified atom stereocenters. The molecule has 0 saturated heterocycles. The van der Waals surface area contributed by atoms with Gasteiger partial charge in [0.25, 0.3) is 0 Å². The Labute approximate surface area is 120 Å². The maximum Gasteiger partial charge on any atom is 0.408 e. The van der Waals surface area contributed by atoms with Gasteiger partial charge in [-0.05, 0) is 12.1 Å². The third-order valence-corrected chi connectivity index (χ3v) is 2.75. The van der Waals surface area contributed by atoms with Crippen LogP contribution in [0.2, 0.25) is 5.02 Å². The van der Waals surface area contributed by atoms with Crippen LogP contribution in [-0.2, 0) is 16.0 Å². The molecule has 1 rings (SSSR count). The molecule has 0 spiro atoms. The largest absolute Gasteiger partial charge is 0.480 e. The number of alkyl carbamates (subject to hydrolysis) is 1. The molecule has 2 N–H and O–H groups in total. The summed E-state index contributed by atoms with van der Waals surface area (Å²) in [7, 11) is 0. The van der Waals surface area contributed by atoms with Crippen LogP contribution in [0.25, 0.3) is 0 Å². The van der Waals surface area contributed by atoms with E-state index < -0.39 is 23.9 Å². The van der Waals surface area contributed by atoms with E-state index in [-0.39, 0.29) is 23.6 Å². The lowest BCUT2D eigenvalue weighted by molar-refractivity contribution is -0.139. The number of benzene rings is 1. The highest BCUT2D eigenvalue weighted by Crippen LogP contribution is 2.20. The molecule has 1 amide bonds. The molecule has 0 aliphatic carbocycles. The number of rotatable bonds is 6. The van der Waals surface area contributed by atoms with Gasteiger partial charge in [-0.1, -0.05) is 30.3 Å². The fraction of sp³-hybridized carbons (Fsp3) is 0.231. The van der Waals surface area contributed by atoms with Gasteiger partial charge in [0.2, 0.25) is 0 Å². The van der Waals surface area contributed by atoms with Gasteiger partial charge in [-0.3, -0.25) is 0 Å². The monoisotopic (exact) mass is 301 g/mol. The first-order valence-corrected chi connectivity index (χ1v) is 6.03. The van der Waals surface area contributed by atoms with Gasteiger partial charge >= 0.3 is 12.1 Å². The maximum atomic E-state index is 13.6. The third-order valence-electron chi connectivity index (χ3n) is 2.39. The Morgan fingerprint density at radius 2 is 2.25 bits per heavy atom. The van der Waals surface area contributed by atoms with Crippen molar-refractivity contribution >= 4 is 23.7 Å². The van der Waals surface area contributed by atoms with Crippen molar-refractivity contribution < 1.29 is 23.8 Å². The molecule has 5 nitrogen and oxygen atoms in total. The fourth-order valence-electron chi connectivity index (χ4n) is 1.45. The van der Waals surface area contributed by atoms with Gasteiger partial charge in [-0.25, -0.2) is 14.0 Å². The number of carboxylic acids is 1. The zero-order valence-corrected chi connectivity index (χ0v) is 11.2. The quantitative estimate of drug-likeness (QED) is 0.791. The Balaban J connectivity index is 2.80. The lowest BCUT2D eigenvalue weighted by Gasteiger charge is -2.15. The van der Waals surface area contributed by atoms with Gasteiger partial charge in [0.05, 0.1) is 0 Å². The van der Waals surface area contributed by atoms with Crippen molar-refractivity contribution in [1.29, 1.82) is 0 Å². The summed E-state index contributed by atoms with van der Waals surface area (Å²) in [5.41, 5.74) is 0.0191. The second-order valence-corrected chi connectivity index (χ2v) is 4.23. The first-order valence-electron chi connectivity index (χ1n) is 5.65. The molecule has 7 heteroatoms. The number of nitrogens with one attached hydrogen (secondary N) is 1. The highest BCUT2D eigenvalue weighted by Gasteiger charge is 2.23. The van der Waals surface area contributed by atoms with Gasteiger partial charge in [0.1, 0.15) is 18.5 Å². The minimum Gasteiger partial charge on any atom is -0.480 e. The van der Waals surface area contributed by atoms with E-state index in [0.717, 1.165) is 6.07 Å². The van der Waals surface area contributed by atoms with Crippen LogP contribution in [0, 0.1) is 5.82 Å². The van der Waals surface area contributed by atoms with E-state index >= 15 is 0 Å². The highest BCUT2D eigenvalue weighted by atomic mass is 35.5. The van der Waals surface area contributed by atoms with Crippen LogP contribution in [0.4, 0.5) is 9.18 Å². The number of amides is 1. The number of halogens is 2. The normalized spacial score (nSPS) is 11.5. The number of carboxylic acid groups (broad SMARTS) is 1. The standard InChI is InChI=1S/C13H13ClFNO4/c1-2-6-20-13(19)16-11(12(17)18)7-8-9(14)4-3-5-10(8)15/h2-5,11H,1,6-7H2,(H,16,19)(H,17,18). The molecule has 0 fully saturated rings. The zero-order valence-electron chi connectivity index (χ0n) is 10.4. The minimum atomic E-state index is -1.35. The molecular weight excluding hydrogens is 289 g/mol. The average molecular weight is 302 g/mol. The molecule has 0 saturated carbocycles. The van der Waals surface area contributed by atoms with Crippen molar-refractivity contribution in [2.24, 2.45) is 0 Å². The van der Waals surface area contributed by atoms with Crippen LogP contribution >= 0.6 is 11.6 Å². The number of aliphatic carboxylic acids is 1. The van der Waals surface area contributed by atoms with Gasteiger partial charge in [-0.15, -0.1) is 0 Å². The summed E-state index contributed by atoms with van der Waals surface area (Å²) in [6.45, 7) is 3.29. The molecule has 0 radical (unpaired) electrons. The molecule has 20 heavy (non-hydrogen) atoms. The summed E-state index contributed by atoms with van der Waals surface area (Å²) in [4.78, 5) is 22.4. The first-order chi connectivity index (χ1) is 9.45. The molecule has 0 aliphatic rings. The van der Waals surface area contributed by atoms with Crippen molar-refractivity contribution in [1.82, 2.24) is 5.32 Å². The number of ether oxygens (including phenoxy) is 1. The maximum absolute atomic E-state index is 13.6. The Hall–Kier alpha value is -2.08. The number of hydrogen-bond donors (Lipinski definition) is 2. The Morgan fingerprint density at radius 3 is 2.80 bits per heavy atom. The van der Waals surface area contributed by atoms with Crippen LogP contribution in [0.3, 0.4) is 0 Å². The summed E-state index contributed by atoms with van der Waals surface area (Å²) >= 11 is 5.81. The van der Waals surface area contributed by atoms with Crippen LogP contribution < -0.4 is 5.32 Å².